The largest absolute Gasteiger partial charge is 0.494 e. The lowest BCUT2D eigenvalue weighted by Gasteiger charge is -2.11. The van der Waals surface area contributed by atoms with E-state index in [1.807, 2.05) is 32.0 Å². The molecule has 10 heteroatoms. The summed E-state index contributed by atoms with van der Waals surface area (Å²) < 4.78 is 12.1. The third-order valence-electron chi connectivity index (χ3n) is 5.45. The number of nitro groups is 1. The van der Waals surface area contributed by atoms with Crippen molar-refractivity contribution in [2.45, 2.75) is 13.8 Å². The number of non-ortho nitro benzene ring substituents is 1. The number of benzene rings is 2. The molecule has 160 valence electrons. The van der Waals surface area contributed by atoms with Gasteiger partial charge in [-0.3, -0.25) is 19.7 Å². The number of aromatic nitrogens is 4. The number of nitrogens with one attached hydrogen (secondary N) is 1. The molecular weight excluding hydrogens is 414 g/mol. The lowest BCUT2D eigenvalue weighted by atomic mass is 10.0. The Bertz CT molecular complexity index is 1570. The quantitative estimate of drug-likeness (QED) is 0.336. The van der Waals surface area contributed by atoms with Crippen molar-refractivity contribution in [2.75, 3.05) is 7.11 Å². The third-order valence-corrected chi connectivity index (χ3v) is 5.45. The maximum Gasteiger partial charge on any atom is 0.331 e. The zero-order chi connectivity index (χ0) is 22.6. The summed E-state index contributed by atoms with van der Waals surface area (Å²) in [6.07, 6.45) is 1.59. The first-order valence-corrected chi connectivity index (χ1v) is 9.68. The maximum atomic E-state index is 12.9. The van der Waals surface area contributed by atoms with E-state index in [9.17, 15) is 14.9 Å². The van der Waals surface area contributed by atoms with Gasteiger partial charge in [0, 0.05) is 17.0 Å². The molecule has 10 nitrogen and oxygen atoms in total. The molecule has 1 N–H and O–H groups in total. The number of rotatable bonds is 4. The van der Waals surface area contributed by atoms with Gasteiger partial charge in [0.25, 0.3) is 5.69 Å². The van der Waals surface area contributed by atoms with Gasteiger partial charge in [0.05, 0.1) is 52.2 Å². The van der Waals surface area contributed by atoms with Crippen LogP contribution in [0, 0.1) is 24.0 Å². The summed E-state index contributed by atoms with van der Waals surface area (Å²) in [5.74, 6) is 0.914. The monoisotopic (exact) mass is 431 g/mol. The Kier molecular flexibility index (Phi) is 4.29. The van der Waals surface area contributed by atoms with Crippen molar-refractivity contribution in [3.8, 4) is 22.6 Å². The second-order valence-electron chi connectivity index (χ2n) is 7.33. The van der Waals surface area contributed by atoms with Gasteiger partial charge >= 0.3 is 5.69 Å². The average Bonchev–Trinajstić information content (AvgIpc) is 3.30. The molecule has 0 saturated heterocycles. The minimum Gasteiger partial charge on any atom is -0.494 e. The van der Waals surface area contributed by atoms with E-state index in [0.717, 1.165) is 22.2 Å². The predicted molar refractivity (Wildman–Crippen MR) is 117 cm³/mol. The number of aryl methyl sites for hydroxylation is 2. The van der Waals surface area contributed by atoms with Crippen LogP contribution in [0.3, 0.4) is 0 Å². The molecule has 0 radical (unpaired) electrons. The second kappa shape index (κ2) is 7.05. The molecule has 0 saturated carbocycles. The van der Waals surface area contributed by atoms with Crippen LogP contribution in [-0.4, -0.2) is 31.7 Å². The van der Waals surface area contributed by atoms with Crippen molar-refractivity contribution in [1.29, 1.82) is 0 Å². The number of nitrogens with zero attached hydrogens (tertiary/aromatic N) is 4. The molecule has 5 aromatic rings. The SMILES string of the molecule is COc1cc([N+](=O)[O-])ccc1-n1c(=O)[nH]c2cnc3cc(-c4c(C)noc4C)ccc3c21. The van der Waals surface area contributed by atoms with Crippen molar-refractivity contribution in [1.82, 2.24) is 19.7 Å². The topological polar surface area (TPSA) is 129 Å². The summed E-state index contributed by atoms with van der Waals surface area (Å²) >= 11 is 0. The molecular formula is C22H17N5O5. The molecule has 0 aliphatic heterocycles. The van der Waals surface area contributed by atoms with Crippen LogP contribution in [0.25, 0.3) is 38.8 Å². The number of methoxy groups -OCH3 is 1. The Labute approximate surface area is 180 Å². The fraction of sp³-hybridized carbons (Fsp3) is 0.136. The highest BCUT2D eigenvalue weighted by Gasteiger charge is 2.20. The van der Waals surface area contributed by atoms with E-state index in [1.165, 1.54) is 29.9 Å². The van der Waals surface area contributed by atoms with Crippen LogP contribution in [0.5, 0.6) is 5.75 Å². The normalized spacial score (nSPS) is 11.3. The number of pyridine rings is 1. The highest BCUT2D eigenvalue weighted by atomic mass is 16.6. The summed E-state index contributed by atoms with van der Waals surface area (Å²) in [6, 6.07) is 9.84. The number of nitro benzene ring substituents is 1. The predicted octanol–water partition coefficient (Wildman–Crippen LogP) is 4.06. The minimum absolute atomic E-state index is 0.130. The number of hydrogen-bond acceptors (Lipinski definition) is 7. The van der Waals surface area contributed by atoms with Crippen molar-refractivity contribution in [2.24, 2.45) is 0 Å². The molecule has 2 aromatic carbocycles. The second-order valence-corrected chi connectivity index (χ2v) is 7.33. The van der Waals surface area contributed by atoms with Crippen LogP contribution in [0.15, 0.2) is 51.9 Å². The fourth-order valence-electron chi connectivity index (χ4n) is 4.03. The van der Waals surface area contributed by atoms with Crippen LogP contribution in [0.4, 0.5) is 5.69 Å². The minimum atomic E-state index is -0.514. The Morgan fingerprint density at radius 1 is 1.19 bits per heavy atom. The number of fused-ring (bicyclic) bond motifs is 3. The van der Waals surface area contributed by atoms with E-state index >= 15 is 0 Å². The number of hydrogen-bond donors (Lipinski definition) is 1. The first kappa shape index (κ1) is 19.5. The molecule has 5 rings (SSSR count). The average molecular weight is 431 g/mol. The zero-order valence-electron chi connectivity index (χ0n) is 17.4. The van der Waals surface area contributed by atoms with E-state index in [4.69, 9.17) is 9.26 Å². The van der Waals surface area contributed by atoms with Crippen LogP contribution in [0.2, 0.25) is 0 Å². The summed E-state index contributed by atoms with van der Waals surface area (Å²) in [7, 11) is 1.40. The Balaban J connectivity index is 1.79. The molecule has 0 aliphatic carbocycles. The molecule has 0 unspecified atom stereocenters. The number of aromatic amines is 1. The summed E-state index contributed by atoms with van der Waals surface area (Å²) in [5, 5.41) is 15.9. The molecule has 0 spiro atoms. The van der Waals surface area contributed by atoms with Gasteiger partial charge in [0.1, 0.15) is 11.5 Å². The molecule has 32 heavy (non-hydrogen) atoms. The molecule has 0 bridgehead atoms. The summed E-state index contributed by atoms with van der Waals surface area (Å²) in [5.41, 5.74) is 4.23. The van der Waals surface area contributed by atoms with Crippen molar-refractivity contribution >= 4 is 27.6 Å². The highest BCUT2D eigenvalue weighted by Crippen LogP contribution is 2.34. The molecule has 0 fully saturated rings. The van der Waals surface area contributed by atoms with Crippen molar-refractivity contribution < 1.29 is 14.2 Å². The van der Waals surface area contributed by atoms with Crippen LogP contribution in [0.1, 0.15) is 11.5 Å². The fourth-order valence-corrected chi connectivity index (χ4v) is 4.03. The van der Waals surface area contributed by atoms with Gasteiger partial charge in [-0.1, -0.05) is 11.2 Å². The third kappa shape index (κ3) is 2.84. The van der Waals surface area contributed by atoms with Gasteiger partial charge in [0.2, 0.25) is 0 Å². The Morgan fingerprint density at radius 2 is 2.00 bits per heavy atom. The van der Waals surface area contributed by atoms with E-state index < -0.39 is 10.6 Å². The number of H-pyrrole nitrogens is 1. The Morgan fingerprint density at radius 3 is 2.69 bits per heavy atom. The van der Waals surface area contributed by atoms with Crippen LogP contribution < -0.4 is 10.4 Å². The zero-order valence-corrected chi connectivity index (χ0v) is 17.4. The van der Waals surface area contributed by atoms with E-state index in [2.05, 4.69) is 15.1 Å². The van der Waals surface area contributed by atoms with Crippen LogP contribution >= 0.6 is 0 Å². The van der Waals surface area contributed by atoms with E-state index in [1.54, 1.807) is 6.20 Å². The van der Waals surface area contributed by atoms with Gasteiger partial charge in [-0.2, -0.15) is 0 Å². The van der Waals surface area contributed by atoms with Crippen LogP contribution in [-0.2, 0) is 0 Å². The van der Waals surface area contributed by atoms with Gasteiger partial charge in [-0.05, 0) is 37.6 Å². The molecule has 0 amide bonds. The standard InChI is InChI=1S/C22H17N5O5/c1-11-20(12(2)32-25-11)13-4-6-15-16(8-13)23-10-17-21(15)26(22(28)24-17)18-7-5-14(27(29)30)9-19(18)31-3/h4-10H,1-3H3,(H,24,28). The van der Waals surface area contributed by atoms with Gasteiger partial charge < -0.3 is 14.2 Å². The molecule has 3 heterocycles. The maximum absolute atomic E-state index is 12.9. The summed E-state index contributed by atoms with van der Waals surface area (Å²) in [6.45, 7) is 3.72. The van der Waals surface area contributed by atoms with Gasteiger partial charge in [-0.15, -0.1) is 0 Å². The Hall–Kier alpha value is -4.47. The first-order valence-electron chi connectivity index (χ1n) is 9.68. The first-order chi connectivity index (χ1) is 15.4. The molecule has 0 atom stereocenters. The van der Waals surface area contributed by atoms with E-state index in [0.29, 0.717) is 28.0 Å². The summed E-state index contributed by atoms with van der Waals surface area (Å²) in [4.78, 5) is 30.8. The van der Waals surface area contributed by atoms with Crippen molar-refractivity contribution in [3.63, 3.8) is 0 Å². The van der Waals surface area contributed by atoms with Gasteiger partial charge in [0.15, 0.2) is 0 Å². The van der Waals surface area contributed by atoms with Gasteiger partial charge in [-0.25, -0.2) is 4.79 Å². The van der Waals surface area contributed by atoms with E-state index in [-0.39, 0.29) is 11.4 Å². The lowest BCUT2D eigenvalue weighted by Crippen LogP contribution is -2.15. The number of ether oxygens (including phenoxy) is 1. The lowest BCUT2D eigenvalue weighted by molar-refractivity contribution is -0.384. The number of imidazole rings is 1. The van der Waals surface area contributed by atoms with Crippen molar-refractivity contribution in [3.05, 3.63) is 74.6 Å². The molecule has 3 aromatic heterocycles. The smallest absolute Gasteiger partial charge is 0.331 e. The highest BCUT2D eigenvalue weighted by molar-refractivity contribution is 6.04. The molecule has 0 aliphatic rings.